The summed E-state index contributed by atoms with van der Waals surface area (Å²) in [5.41, 5.74) is 7.65. The molecule has 4 nitrogen and oxygen atoms in total. The van der Waals surface area contributed by atoms with Gasteiger partial charge in [-0.15, -0.1) is 40.5 Å². The number of thiophene rings is 1. The molecular weight excluding hydrogens is 777 g/mol. The molecule has 1 aliphatic carbocycles. The number of aliphatic hydroxyl groups is 1. The van der Waals surface area contributed by atoms with E-state index in [-0.39, 0.29) is 48.9 Å². The molecule has 2 aromatic carbocycles. The van der Waals surface area contributed by atoms with Crippen LogP contribution in [0.4, 0.5) is 0 Å². The van der Waals surface area contributed by atoms with Crippen LogP contribution in [0.1, 0.15) is 90.8 Å². The fourth-order valence-corrected chi connectivity index (χ4v) is 7.94. The van der Waals surface area contributed by atoms with Gasteiger partial charge in [0.15, 0.2) is 5.78 Å². The normalized spacial score (nSPS) is 12.8. The van der Waals surface area contributed by atoms with Crippen LogP contribution < -0.4 is 0 Å². The van der Waals surface area contributed by atoms with E-state index >= 15 is 0 Å². The maximum atomic E-state index is 11.7. The zero-order valence-corrected chi connectivity index (χ0v) is 32.0. The van der Waals surface area contributed by atoms with Gasteiger partial charge < -0.3 is 5.11 Å². The first-order chi connectivity index (χ1) is 22.1. The number of aryl methyl sites for hydroxylation is 2. The van der Waals surface area contributed by atoms with Gasteiger partial charge in [-0.05, 0) is 78.1 Å². The third-order valence-corrected chi connectivity index (χ3v) is 10.6. The smallest absolute Gasteiger partial charge is 0.162 e. The third-order valence-electron chi connectivity index (χ3n) is 9.41. The minimum absolute atomic E-state index is 0. The van der Waals surface area contributed by atoms with Crippen molar-refractivity contribution in [2.45, 2.75) is 92.4 Å². The number of rotatable bonds is 8. The molecule has 1 radical (unpaired) electrons. The molecule has 0 fully saturated rings. The monoisotopic (exact) mass is 824 g/mol. The molecule has 5 aromatic rings. The molecule has 6 rings (SSSR count). The number of aromatic nitrogens is 2. The van der Waals surface area contributed by atoms with E-state index in [0.29, 0.717) is 0 Å². The number of pyridine rings is 2. The number of carbonyl (C=O) groups is 1. The summed E-state index contributed by atoms with van der Waals surface area (Å²) in [6.45, 7) is 14.9. The fourth-order valence-electron chi connectivity index (χ4n) is 6.63. The summed E-state index contributed by atoms with van der Waals surface area (Å²) in [6.07, 6.45) is 12.9. The van der Waals surface area contributed by atoms with E-state index in [9.17, 15) is 9.90 Å². The quantitative estimate of drug-likeness (QED) is 0.0962. The van der Waals surface area contributed by atoms with Crippen molar-refractivity contribution in [1.29, 1.82) is 0 Å². The van der Waals surface area contributed by atoms with Crippen LogP contribution in [-0.4, -0.2) is 20.9 Å². The van der Waals surface area contributed by atoms with Crippen LogP contribution in [-0.2, 0) is 43.2 Å². The van der Waals surface area contributed by atoms with Crippen LogP contribution in [0.15, 0.2) is 72.9 Å². The molecule has 0 amide bonds. The van der Waals surface area contributed by atoms with Crippen molar-refractivity contribution in [2.75, 3.05) is 0 Å². The van der Waals surface area contributed by atoms with Crippen LogP contribution in [0.25, 0.3) is 42.6 Å². The van der Waals surface area contributed by atoms with Gasteiger partial charge in [-0.1, -0.05) is 77.6 Å². The molecule has 6 heteroatoms. The Morgan fingerprint density at radius 1 is 0.979 bits per heavy atom. The summed E-state index contributed by atoms with van der Waals surface area (Å²) in [5.74, 6) is 0.547. The van der Waals surface area contributed by atoms with Crippen molar-refractivity contribution in [3.63, 3.8) is 0 Å². The Labute approximate surface area is 298 Å². The van der Waals surface area contributed by atoms with E-state index in [4.69, 9.17) is 4.98 Å². The van der Waals surface area contributed by atoms with E-state index in [1.807, 2.05) is 57.6 Å². The Morgan fingerprint density at radius 2 is 1.68 bits per heavy atom. The minimum atomic E-state index is 0. The molecule has 3 aromatic heterocycles. The number of nitrogens with zero attached hydrogens (tertiary/aromatic N) is 2. The van der Waals surface area contributed by atoms with E-state index in [1.165, 1.54) is 48.7 Å². The molecule has 0 saturated carbocycles. The second-order valence-corrected chi connectivity index (χ2v) is 14.4. The number of hydrogen-bond donors (Lipinski definition) is 1. The van der Waals surface area contributed by atoms with Gasteiger partial charge in [0, 0.05) is 71.9 Å². The summed E-state index contributed by atoms with van der Waals surface area (Å²) in [7, 11) is 0. The standard InChI is InChI=1S/C28H23N2S.C13H24O2.Ir/c1-28(2,3)23-15-19(14-17-6-4-5-7-20(17)23)26-25-22-9-8-18-16-29-12-10-21(18)27(22)31-24(25)11-13-30-26;1-5-10(6-2)12(14)9-13(15)11(7-3)8-4;/h4-7,10-13,15-16H,8-9H2,1-3H3;9-11,14H,5-8H2,1-4H3;/q-1;;/b;12-9-;. The second-order valence-electron chi connectivity index (χ2n) is 13.4. The average Bonchev–Trinajstić information content (AvgIpc) is 3.45. The number of allylic oxidation sites excluding steroid dienone is 2. The van der Waals surface area contributed by atoms with E-state index in [1.54, 1.807) is 0 Å². The number of carbonyl (C=O) groups excluding carboxylic acids is 1. The summed E-state index contributed by atoms with van der Waals surface area (Å²) < 4.78 is 1.30. The van der Waals surface area contributed by atoms with Gasteiger partial charge in [0.25, 0.3) is 0 Å². The summed E-state index contributed by atoms with van der Waals surface area (Å²) >= 11 is 1.88. The molecule has 3 heterocycles. The predicted molar refractivity (Wildman–Crippen MR) is 195 cm³/mol. The van der Waals surface area contributed by atoms with Crippen LogP contribution in [0, 0.1) is 17.9 Å². The first kappa shape index (κ1) is 36.7. The zero-order valence-electron chi connectivity index (χ0n) is 28.7. The SMILES string of the molecule is CC(C)(C)c1cc(-c2nccc3sc4c(c23)CCc2cnccc2-4)[c-]c2ccccc12.CCC(CC)C(=O)/C=C(\O)C(CC)CC.[Ir]. The zero-order chi connectivity index (χ0) is 33.0. The summed E-state index contributed by atoms with van der Waals surface area (Å²) in [6, 6.07) is 18.9. The number of fused-ring (bicyclic) bond motifs is 6. The van der Waals surface area contributed by atoms with Crippen LogP contribution in [0.2, 0.25) is 0 Å². The Morgan fingerprint density at radius 3 is 2.36 bits per heavy atom. The Balaban J connectivity index is 0.000000269. The van der Waals surface area contributed by atoms with E-state index < -0.39 is 0 Å². The number of benzene rings is 2. The predicted octanol–water partition coefficient (Wildman–Crippen LogP) is 11.2. The second kappa shape index (κ2) is 15.8. The van der Waals surface area contributed by atoms with Crippen LogP contribution in [0.3, 0.4) is 0 Å². The first-order valence-electron chi connectivity index (χ1n) is 16.8. The fraction of sp³-hybridized carbons (Fsp3) is 0.390. The van der Waals surface area contributed by atoms with Crippen molar-refractivity contribution in [1.82, 2.24) is 9.97 Å². The summed E-state index contributed by atoms with van der Waals surface area (Å²) in [4.78, 5) is 22.3. The van der Waals surface area contributed by atoms with Gasteiger partial charge in [0.05, 0.1) is 5.76 Å². The molecule has 0 saturated heterocycles. The molecule has 1 aliphatic rings. The van der Waals surface area contributed by atoms with E-state index in [0.717, 1.165) is 55.2 Å². The Kier molecular flexibility index (Phi) is 12.3. The third kappa shape index (κ3) is 7.77. The molecule has 0 atom stereocenters. The molecule has 0 bridgehead atoms. The minimum Gasteiger partial charge on any atom is -0.512 e. The van der Waals surface area contributed by atoms with Crippen molar-refractivity contribution < 1.29 is 30.0 Å². The van der Waals surface area contributed by atoms with Crippen LogP contribution >= 0.6 is 11.3 Å². The number of hydrogen-bond acceptors (Lipinski definition) is 5. The largest absolute Gasteiger partial charge is 0.512 e. The molecule has 249 valence electrons. The van der Waals surface area contributed by atoms with Crippen molar-refractivity contribution in [3.8, 4) is 21.7 Å². The van der Waals surface area contributed by atoms with Crippen molar-refractivity contribution in [2.24, 2.45) is 11.8 Å². The van der Waals surface area contributed by atoms with Crippen LogP contribution in [0.5, 0.6) is 0 Å². The molecule has 0 unspecified atom stereocenters. The van der Waals surface area contributed by atoms with Gasteiger partial charge in [0.1, 0.15) is 0 Å². The number of aliphatic hydroxyl groups excluding tert-OH is 1. The first-order valence-corrected chi connectivity index (χ1v) is 17.7. The molecule has 47 heavy (non-hydrogen) atoms. The maximum absolute atomic E-state index is 11.7. The Bertz CT molecular complexity index is 1880. The maximum Gasteiger partial charge on any atom is 0.162 e. The molecule has 0 spiro atoms. The molecular formula is C41H47IrN2O2S-. The topological polar surface area (TPSA) is 63.1 Å². The van der Waals surface area contributed by atoms with Gasteiger partial charge >= 0.3 is 0 Å². The number of ketones is 1. The van der Waals surface area contributed by atoms with Gasteiger partial charge in [0.2, 0.25) is 0 Å². The summed E-state index contributed by atoms with van der Waals surface area (Å²) in [5, 5.41) is 13.5. The van der Waals surface area contributed by atoms with E-state index in [2.05, 4.69) is 74.3 Å². The Hall–Kier alpha value is -3.18. The molecule has 1 N–H and O–H groups in total. The van der Waals surface area contributed by atoms with Crippen molar-refractivity contribution in [3.05, 3.63) is 95.6 Å². The van der Waals surface area contributed by atoms with Gasteiger partial charge in [-0.3, -0.25) is 14.8 Å². The molecule has 0 aliphatic heterocycles. The average molecular weight is 824 g/mol. The van der Waals surface area contributed by atoms with Crippen molar-refractivity contribution >= 4 is 38.0 Å². The van der Waals surface area contributed by atoms with Gasteiger partial charge in [-0.2, -0.15) is 0 Å². The van der Waals surface area contributed by atoms with Gasteiger partial charge in [-0.25, -0.2) is 0 Å².